The number of rotatable bonds is 7. The molecule has 7 nitrogen and oxygen atoms in total. The molecule has 2 rings (SSSR count). The van der Waals surface area contributed by atoms with Crippen LogP contribution in [-0.2, 0) is 14.9 Å². The third-order valence-electron chi connectivity index (χ3n) is 4.16. The lowest BCUT2D eigenvalue weighted by Gasteiger charge is -2.30. The summed E-state index contributed by atoms with van der Waals surface area (Å²) in [4.78, 5) is 37.5. The third kappa shape index (κ3) is 3.16. The van der Waals surface area contributed by atoms with Crippen LogP contribution in [0.4, 0.5) is 0 Å². The average molecular weight is 376 g/mol. The van der Waals surface area contributed by atoms with Crippen LogP contribution < -0.4 is 0 Å². The zero-order chi connectivity index (χ0) is 19.5. The van der Waals surface area contributed by atoms with Gasteiger partial charge in [-0.3, -0.25) is 14.1 Å². The zero-order valence-corrected chi connectivity index (χ0v) is 14.5. The highest BCUT2D eigenvalue weighted by molar-refractivity contribution is 7.89. The predicted octanol–water partition coefficient (Wildman–Crippen LogP) is 2.10. The number of aliphatic carboxylic acids is 1. The van der Waals surface area contributed by atoms with E-state index in [4.69, 9.17) is 0 Å². The molecule has 0 heterocycles. The number of carbonyl (C=O) groups is 3. The van der Waals surface area contributed by atoms with Crippen molar-refractivity contribution in [3.63, 3.8) is 0 Å². The van der Waals surface area contributed by atoms with Gasteiger partial charge in [-0.05, 0) is 0 Å². The summed E-state index contributed by atoms with van der Waals surface area (Å²) in [6, 6.07) is 14.2. The molecule has 0 radical (unpaired) electrons. The van der Waals surface area contributed by atoms with E-state index in [0.29, 0.717) is 0 Å². The maximum Gasteiger partial charge on any atom is 0.336 e. The Hall–Kier alpha value is -2.84. The highest BCUT2D eigenvalue weighted by Gasteiger charge is 2.63. The van der Waals surface area contributed by atoms with Crippen LogP contribution >= 0.6 is 0 Å². The van der Waals surface area contributed by atoms with E-state index in [1.807, 2.05) is 0 Å². The first kappa shape index (κ1) is 19.5. The Kier molecular flexibility index (Phi) is 5.38. The Morgan fingerprint density at radius 1 is 0.885 bits per heavy atom. The second-order valence-electron chi connectivity index (χ2n) is 5.66. The summed E-state index contributed by atoms with van der Waals surface area (Å²) >= 11 is 0. The SMILES string of the molecule is CC(C(=O)c1ccccc1)C(C(=O)O)(C(=O)c1ccccc1)S(=O)(=O)O. The van der Waals surface area contributed by atoms with Crippen molar-refractivity contribution in [3.8, 4) is 0 Å². The number of hydrogen-bond acceptors (Lipinski definition) is 5. The minimum absolute atomic E-state index is 0.0233. The largest absolute Gasteiger partial charge is 0.480 e. The number of carboxylic acids is 1. The molecule has 2 N–H and O–H groups in total. The monoisotopic (exact) mass is 376 g/mol. The molecule has 0 aliphatic carbocycles. The second kappa shape index (κ2) is 7.19. The molecule has 0 amide bonds. The predicted molar refractivity (Wildman–Crippen MR) is 92.6 cm³/mol. The molecule has 0 aromatic heterocycles. The number of carbonyl (C=O) groups excluding carboxylic acids is 2. The van der Waals surface area contributed by atoms with Crippen LogP contribution in [0, 0.1) is 5.92 Å². The summed E-state index contributed by atoms with van der Waals surface area (Å²) in [6.45, 7) is 0.998. The molecule has 0 saturated heterocycles. The van der Waals surface area contributed by atoms with Crippen molar-refractivity contribution in [2.45, 2.75) is 11.7 Å². The van der Waals surface area contributed by atoms with E-state index in [0.717, 1.165) is 6.92 Å². The van der Waals surface area contributed by atoms with E-state index in [1.165, 1.54) is 48.5 Å². The first-order valence-electron chi connectivity index (χ1n) is 7.53. The molecule has 0 bridgehead atoms. The molecule has 2 aromatic carbocycles. The van der Waals surface area contributed by atoms with E-state index < -0.39 is 38.3 Å². The first-order chi connectivity index (χ1) is 12.1. The van der Waals surface area contributed by atoms with E-state index >= 15 is 0 Å². The lowest BCUT2D eigenvalue weighted by molar-refractivity contribution is -0.139. The molecule has 0 saturated carbocycles. The number of ketones is 2. The number of hydrogen-bond donors (Lipinski definition) is 2. The summed E-state index contributed by atoms with van der Waals surface area (Å²) in [5.74, 6) is -6.27. The zero-order valence-electron chi connectivity index (χ0n) is 13.7. The number of Topliss-reactive ketones (excluding diaryl/α,β-unsaturated/α-hetero) is 2. The van der Waals surface area contributed by atoms with Crippen LogP contribution in [-0.4, -0.2) is 40.4 Å². The van der Waals surface area contributed by atoms with Gasteiger partial charge in [0.25, 0.3) is 14.9 Å². The normalized spacial score (nSPS) is 14.8. The fourth-order valence-electron chi connectivity index (χ4n) is 2.77. The highest BCUT2D eigenvalue weighted by atomic mass is 32.2. The van der Waals surface area contributed by atoms with Gasteiger partial charge >= 0.3 is 5.97 Å². The van der Waals surface area contributed by atoms with Gasteiger partial charge in [0.2, 0.25) is 0 Å². The molecule has 8 heteroatoms. The quantitative estimate of drug-likeness (QED) is 0.430. The van der Waals surface area contributed by atoms with Gasteiger partial charge in [0.15, 0.2) is 11.6 Å². The molecule has 2 aromatic rings. The van der Waals surface area contributed by atoms with Crippen molar-refractivity contribution >= 4 is 27.7 Å². The molecule has 0 spiro atoms. The van der Waals surface area contributed by atoms with Gasteiger partial charge in [-0.25, -0.2) is 4.79 Å². The standard InChI is InChI=1S/C18H16O7S/c1-12(15(19)13-8-4-2-5-9-13)18(17(21)22,26(23,24)25)16(20)14-10-6-3-7-11-14/h2-12H,1H3,(H,21,22)(H,23,24,25). The van der Waals surface area contributed by atoms with Gasteiger partial charge in [-0.15, -0.1) is 0 Å². The molecule has 26 heavy (non-hydrogen) atoms. The number of carboxylic acid groups (broad SMARTS) is 1. The Labute approximate surface area is 150 Å². The molecule has 0 aliphatic heterocycles. The van der Waals surface area contributed by atoms with Crippen molar-refractivity contribution in [1.29, 1.82) is 0 Å². The minimum atomic E-state index is -5.50. The molecule has 2 atom stereocenters. The van der Waals surface area contributed by atoms with Crippen LogP contribution in [0.3, 0.4) is 0 Å². The maximum atomic E-state index is 12.9. The molecule has 0 fully saturated rings. The average Bonchev–Trinajstić information content (AvgIpc) is 2.61. The topological polar surface area (TPSA) is 126 Å². The third-order valence-corrected chi connectivity index (χ3v) is 5.69. The second-order valence-corrected chi connectivity index (χ2v) is 7.26. The van der Waals surface area contributed by atoms with Crippen LogP contribution in [0.25, 0.3) is 0 Å². The Balaban J connectivity index is 2.70. The fraction of sp³-hybridized carbons (Fsp3) is 0.167. The van der Waals surface area contributed by atoms with Gasteiger partial charge < -0.3 is 5.11 Å². The lowest BCUT2D eigenvalue weighted by Crippen LogP contribution is -2.59. The van der Waals surface area contributed by atoms with Crippen molar-refractivity contribution in [3.05, 3.63) is 71.8 Å². The van der Waals surface area contributed by atoms with E-state index in [2.05, 4.69) is 0 Å². The van der Waals surface area contributed by atoms with Crippen molar-refractivity contribution in [1.82, 2.24) is 0 Å². The summed E-state index contributed by atoms with van der Waals surface area (Å²) in [6.07, 6.45) is 0. The molecule has 0 aliphatic rings. The van der Waals surface area contributed by atoms with Crippen molar-refractivity contribution in [2.75, 3.05) is 0 Å². The highest BCUT2D eigenvalue weighted by Crippen LogP contribution is 2.33. The van der Waals surface area contributed by atoms with Gasteiger partial charge in [0.05, 0.1) is 5.92 Å². The van der Waals surface area contributed by atoms with E-state index in [1.54, 1.807) is 12.1 Å². The van der Waals surface area contributed by atoms with E-state index in [-0.39, 0.29) is 11.1 Å². The van der Waals surface area contributed by atoms with Crippen LogP contribution in [0.15, 0.2) is 60.7 Å². The Morgan fingerprint density at radius 2 is 1.31 bits per heavy atom. The van der Waals surface area contributed by atoms with Crippen LogP contribution in [0.1, 0.15) is 27.6 Å². The first-order valence-corrected chi connectivity index (χ1v) is 8.97. The maximum absolute atomic E-state index is 12.9. The molecular formula is C18H16O7S. The fourth-order valence-corrected chi connectivity index (χ4v) is 3.90. The van der Waals surface area contributed by atoms with Crippen molar-refractivity contribution in [2.24, 2.45) is 5.92 Å². The molecular weight excluding hydrogens is 360 g/mol. The van der Waals surface area contributed by atoms with Gasteiger partial charge in [-0.2, -0.15) is 8.42 Å². The lowest BCUT2D eigenvalue weighted by atomic mass is 9.81. The summed E-state index contributed by atoms with van der Waals surface area (Å²) < 4.78 is 30.5. The molecule has 136 valence electrons. The minimum Gasteiger partial charge on any atom is -0.480 e. The summed E-state index contributed by atoms with van der Waals surface area (Å²) in [7, 11) is -5.50. The summed E-state index contributed by atoms with van der Waals surface area (Å²) in [5.41, 5.74) is -0.227. The smallest absolute Gasteiger partial charge is 0.336 e. The Bertz CT molecular complexity index is 936. The van der Waals surface area contributed by atoms with Crippen LogP contribution in [0.5, 0.6) is 0 Å². The van der Waals surface area contributed by atoms with E-state index in [9.17, 15) is 32.5 Å². The van der Waals surface area contributed by atoms with Gasteiger partial charge in [0.1, 0.15) is 0 Å². The number of benzene rings is 2. The van der Waals surface area contributed by atoms with Gasteiger partial charge in [0, 0.05) is 11.1 Å². The van der Waals surface area contributed by atoms with Crippen molar-refractivity contribution < 1.29 is 32.5 Å². The van der Waals surface area contributed by atoms with Gasteiger partial charge in [-0.1, -0.05) is 67.6 Å². The molecule has 2 unspecified atom stereocenters. The Morgan fingerprint density at radius 3 is 1.69 bits per heavy atom. The van der Waals surface area contributed by atoms with Crippen LogP contribution in [0.2, 0.25) is 0 Å². The summed E-state index contributed by atoms with van der Waals surface area (Å²) in [5, 5.41) is 9.65.